The Kier molecular flexibility index (Phi) is 3.90. The van der Waals surface area contributed by atoms with Crippen LogP contribution in [-0.4, -0.2) is 33.9 Å². The first-order chi connectivity index (χ1) is 10.2. The predicted octanol–water partition coefficient (Wildman–Crippen LogP) is 2.64. The Morgan fingerprint density at radius 2 is 2.00 bits per heavy atom. The van der Waals surface area contributed by atoms with E-state index < -0.39 is 0 Å². The molecule has 21 heavy (non-hydrogen) atoms. The van der Waals surface area contributed by atoms with E-state index in [1.54, 1.807) is 30.6 Å². The lowest BCUT2D eigenvalue weighted by Gasteiger charge is -2.31. The predicted molar refractivity (Wildman–Crippen MR) is 76.3 cm³/mol. The fraction of sp³-hybridized carbons (Fsp3) is 0.312. The lowest BCUT2D eigenvalue weighted by atomic mass is 9.93. The summed E-state index contributed by atoms with van der Waals surface area (Å²) in [5.74, 6) is 0.0000972. The summed E-state index contributed by atoms with van der Waals surface area (Å²) in [5.41, 5.74) is 1.53. The highest BCUT2D eigenvalue weighted by Crippen LogP contribution is 2.27. The molecule has 4 nitrogen and oxygen atoms in total. The minimum absolute atomic E-state index is 0.0219. The number of amides is 1. The van der Waals surface area contributed by atoms with Crippen LogP contribution in [0.25, 0.3) is 0 Å². The van der Waals surface area contributed by atoms with Gasteiger partial charge in [-0.2, -0.15) is 0 Å². The second-order valence-electron chi connectivity index (χ2n) is 5.21. The molecule has 0 aromatic carbocycles. The highest BCUT2D eigenvalue weighted by Gasteiger charge is 2.25. The van der Waals surface area contributed by atoms with Crippen molar-refractivity contribution in [1.29, 1.82) is 0 Å². The van der Waals surface area contributed by atoms with Gasteiger partial charge in [0.05, 0.1) is 11.8 Å². The Labute approximate surface area is 122 Å². The number of likely N-dealkylation sites (tertiary alicyclic amines) is 1. The summed E-state index contributed by atoms with van der Waals surface area (Å²) in [6.07, 6.45) is 6.21. The molecule has 0 saturated carbocycles. The van der Waals surface area contributed by atoms with Gasteiger partial charge in [0.15, 0.2) is 0 Å². The zero-order valence-corrected chi connectivity index (χ0v) is 11.6. The van der Waals surface area contributed by atoms with Gasteiger partial charge in [-0.3, -0.25) is 14.8 Å². The molecule has 0 N–H and O–H groups in total. The van der Waals surface area contributed by atoms with E-state index in [9.17, 15) is 9.18 Å². The number of rotatable bonds is 2. The number of hydrogen-bond acceptors (Lipinski definition) is 3. The number of nitrogens with zero attached hydrogens (tertiary/aromatic N) is 3. The third-order valence-electron chi connectivity index (χ3n) is 3.86. The Morgan fingerprint density at radius 3 is 2.62 bits per heavy atom. The number of carbonyl (C=O) groups excluding carboxylic acids is 1. The van der Waals surface area contributed by atoms with E-state index in [0.29, 0.717) is 24.6 Å². The zero-order valence-electron chi connectivity index (χ0n) is 11.6. The van der Waals surface area contributed by atoms with Crippen molar-refractivity contribution < 1.29 is 9.18 Å². The van der Waals surface area contributed by atoms with Crippen LogP contribution in [-0.2, 0) is 0 Å². The SMILES string of the molecule is O=C(c1cccnc1)N1CCC(c2ccc(F)cn2)CC1. The van der Waals surface area contributed by atoms with Gasteiger partial charge in [0.25, 0.3) is 5.91 Å². The van der Waals surface area contributed by atoms with Crippen LogP contribution in [0, 0.1) is 5.82 Å². The Bertz CT molecular complexity index is 607. The summed E-state index contributed by atoms with van der Waals surface area (Å²) < 4.78 is 12.9. The number of carbonyl (C=O) groups is 1. The van der Waals surface area contributed by atoms with Crippen LogP contribution >= 0.6 is 0 Å². The monoisotopic (exact) mass is 285 g/mol. The van der Waals surface area contributed by atoms with Gasteiger partial charge in [-0.25, -0.2) is 4.39 Å². The second kappa shape index (κ2) is 5.99. The van der Waals surface area contributed by atoms with E-state index in [0.717, 1.165) is 18.5 Å². The van der Waals surface area contributed by atoms with E-state index in [1.165, 1.54) is 12.3 Å². The third-order valence-corrected chi connectivity index (χ3v) is 3.86. The lowest BCUT2D eigenvalue weighted by molar-refractivity contribution is 0.0711. The van der Waals surface area contributed by atoms with Crippen LogP contribution in [0.1, 0.15) is 34.8 Å². The molecule has 1 aliphatic heterocycles. The number of piperidine rings is 1. The Hall–Kier alpha value is -2.30. The highest BCUT2D eigenvalue weighted by molar-refractivity contribution is 5.93. The maximum absolute atomic E-state index is 12.9. The standard InChI is InChI=1S/C16H16FN3O/c17-14-3-4-15(19-11-14)12-5-8-20(9-6-12)16(21)13-2-1-7-18-10-13/h1-4,7,10-12H,5-6,8-9H2. The number of halogens is 1. The van der Waals surface area contributed by atoms with Crippen LogP contribution in [0.3, 0.4) is 0 Å². The van der Waals surface area contributed by atoms with E-state index in [1.807, 2.05) is 4.90 Å². The molecule has 0 spiro atoms. The molecule has 108 valence electrons. The zero-order chi connectivity index (χ0) is 14.7. The summed E-state index contributed by atoms with van der Waals surface area (Å²) in [7, 11) is 0. The summed E-state index contributed by atoms with van der Waals surface area (Å²) in [6, 6.07) is 6.72. The van der Waals surface area contributed by atoms with Crippen molar-refractivity contribution >= 4 is 5.91 Å². The summed E-state index contributed by atoms with van der Waals surface area (Å²) in [6.45, 7) is 1.38. The fourth-order valence-corrected chi connectivity index (χ4v) is 2.68. The molecule has 3 heterocycles. The van der Waals surface area contributed by atoms with E-state index in [-0.39, 0.29) is 11.7 Å². The highest BCUT2D eigenvalue weighted by atomic mass is 19.1. The first-order valence-electron chi connectivity index (χ1n) is 7.05. The average Bonchev–Trinajstić information content (AvgIpc) is 2.56. The van der Waals surface area contributed by atoms with Gasteiger partial charge in [-0.1, -0.05) is 0 Å². The third kappa shape index (κ3) is 3.07. The van der Waals surface area contributed by atoms with Gasteiger partial charge < -0.3 is 4.90 Å². The number of hydrogen-bond donors (Lipinski definition) is 0. The maximum atomic E-state index is 12.9. The lowest BCUT2D eigenvalue weighted by Crippen LogP contribution is -2.38. The van der Waals surface area contributed by atoms with Gasteiger partial charge in [0.1, 0.15) is 5.82 Å². The molecule has 1 amide bonds. The molecule has 1 saturated heterocycles. The average molecular weight is 285 g/mol. The second-order valence-corrected chi connectivity index (χ2v) is 5.21. The number of aromatic nitrogens is 2. The molecule has 2 aromatic rings. The first-order valence-corrected chi connectivity index (χ1v) is 7.05. The van der Waals surface area contributed by atoms with E-state index in [2.05, 4.69) is 9.97 Å². The van der Waals surface area contributed by atoms with Crippen LogP contribution < -0.4 is 0 Å². The quantitative estimate of drug-likeness (QED) is 0.852. The van der Waals surface area contributed by atoms with Crippen LogP contribution in [0.4, 0.5) is 4.39 Å². The molecule has 3 rings (SSSR count). The molecule has 0 unspecified atom stereocenters. The Morgan fingerprint density at radius 1 is 1.19 bits per heavy atom. The van der Waals surface area contributed by atoms with Crippen molar-refractivity contribution in [1.82, 2.24) is 14.9 Å². The Balaban J connectivity index is 1.63. The molecular formula is C16H16FN3O. The van der Waals surface area contributed by atoms with Gasteiger partial charge in [0, 0.05) is 37.1 Å². The first kappa shape index (κ1) is 13.7. The molecule has 0 aliphatic carbocycles. The molecule has 2 aromatic heterocycles. The largest absolute Gasteiger partial charge is 0.339 e. The minimum Gasteiger partial charge on any atom is -0.339 e. The van der Waals surface area contributed by atoms with Crippen LogP contribution in [0.5, 0.6) is 0 Å². The van der Waals surface area contributed by atoms with Crippen molar-refractivity contribution in [3.63, 3.8) is 0 Å². The normalized spacial score (nSPS) is 16.0. The van der Waals surface area contributed by atoms with E-state index >= 15 is 0 Å². The molecule has 1 fully saturated rings. The maximum Gasteiger partial charge on any atom is 0.255 e. The van der Waals surface area contributed by atoms with Gasteiger partial charge in [-0.05, 0) is 37.1 Å². The van der Waals surface area contributed by atoms with Crippen LogP contribution in [0.2, 0.25) is 0 Å². The van der Waals surface area contributed by atoms with Crippen molar-refractivity contribution in [2.75, 3.05) is 13.1 Å². The summed E-state index contributed by atoms with van der Waals surface area (Å²) in [4.78, 5) is 22.3. The fourth-order valence-electron chi connectivity index (χ4n) is 2.68. The van der Waals surface area contributed by atoms with Crippen molar-refractivity contribution in [2.24, 2.45) is 0 Å². The molecular weight excluding hydrogens is 269 g/mol. The van der Waals surface area contributed by atoms with Gasteiger partial charge in [0.2, 0.25) is 0 Å². The minimum atomic E-state index is -0.317. The van der Waals surface area contributed by atoms with Gasteiger partial charge in [-0.15, -0.1) is 0 Å². The number of pyridine rings is 2. The van der Waals surface area contributed by atoms with Gasteiger partial charge >= 0.3 is 0 Å². The van der Waals surface area contributed by atoms with Crippen molar-refractivity contribution in [3.8, 4) is 0 Å². The molecule has 5 heteroatoms. The van der Waals surface area contributed by atoms with Crippen molar-refractivity contribution in [2.45, 2.75) is 18.8 Å². The smallest absolute Gasteiger partial charge is 0.255 e. The topological polar surface area (TPSA) is 46.1 Å². The summed E-state index contributed by atoms with van der Waals surface area (Å²) in [5, 5.41) is 0. The molecule has 1 aliphatic rings. The molecule has 0 atom stereocenters. The summed E-state index contributed by atoms with van der Waals surface area (Å²) >= 11 is 0. The molecule has 0 radical (unpaired) electrons. The molecule has 0 bridgehead atoms. The van der Waals surface area contributed by atoms with Crippen LogP contribution in [0.15, 0.2) is 42.9 Å². The van der Waals surface area contributed by atoms with Crippen molar-refractivity contribution in [3.05, 3.63) is 59.9 Å². The van der Waals surface area contributed by atoms with E-state index in [4.69, 9.17) is 0 Å².